The number of para-hydroxylation sites is 1. The quantitative estimate of drug-likeness (QED) is 0.779. The van der Waals surface area contributed by atoms with E-state index in [1.165, 1.54) is 5.56 Å². The molecular formula is C19H21ClN4O. The van der Waals surface area contributed by atoms with Crippen LogP contribution in [0.3, 0.4) is 0 Å². The largest absolute Gasteiger partial charge is 0.496 e. The van der Waals surface area contributed by atoms with Crippen molar-refractivity contribution >= 4 is 17.2 Å². The molecule has 1 N–H and O–H groups in total. The maximum Gasteiger partial charge on any atom is 0.137 e. The van der Waals surface area contributed by atoms with Crippen LogP contribution in [0, 0.1) is 0 Å². The second-order valence-corrected chi connectivity index (χ2v) is 6.71. The summed E-state index contributed by atoms with van der Waals surface area (Å²) < 4.78 is 7.55. The van der Waals surface area contributed by atoms with Crippen LogP contribution in [-0.4, -0.2) is 41.0 Å². The Balaban J connectivity index is 1.62. The molecule has 1 unspecified atom stereocenters. The first-order valence-electron chi connectivity index (χ1n) is 8.45. The summed E-state index contributed by atoms with van der Waals surface area (Å²) in [6, 6.07) is 12.3. The number of methoxy groups -OCH3 is 1. The summed E-state index contributed by atoms with van der Waals surface area (Å²) >= 11 is 6.08. The van der Waals surface area contributed by atoms with Crippen LogP contribution in [-0.2, 0) is 6.54 Å². The van der Waals surface area contributed by atoms with Crippen molar-refractivity contribution in [3.63, 3.8) is 0 Å². The normalized spacial score (nSPS) is 18.6. The van der Waals surface area contributed by atoms with E-state index in [9.17, 15) is 0 Å². The lowest BCUT2D eigenvalue weighted by Gasteiger charge is -2.36. The first-order valence-corrected chi connectivity index (χ1v) is 8.83. The van der Waals surface area contributed by atoms with Gasteiger partial charge in [-0.25, -0.2) is 4.98 Å². The molecule has 0 spiro atoms. The molecule has 0 bridgehead atoms. The van der Waals surface area contributed by atoms with Gasteiger partial charge in [0.05, 0.1) is 23.9 Å². The van der Waals surface area contributed by atoms with Crippen LogP contribution < -0.4 is 10.1 Å². The number of fused-ring (bicyclic) bond motifs is 1. The van der Waals surface area contributed by atoms with Gasteiger partial charge in [0.2, 0.25) is 0 Å². The number of halogens is 1. The molecule has 1 aromatic carbocycles. The fraction of sp³-hybridized carbons (Fsp3) is 0.316. The van der Waals surface area contributed by atoms with E-state index >= 15 is 0 Å². The van der Waals surface area contributed by atoms with Crippen LogP contribution in [0.2, 0.25) is 5.02 Å². The summed E-state index contributed by atoms with van der Waals surface area (Å²) in [6.07, 6.45) is 3.95. The van der Waals surface area contributed by atoms with Gasteiger partial charge in [-0.1, -0.05) is 29.8 Å². The monoisotopic (exact) mass is 356 g/mol. The number of rotatable bonds is 4. The number of hydrogen-bond donors (Lipinski definition) is 1. The molecule has 3 heterocycles. The predicted molar refractivity (Wildman–Crippen MR) is 99.2 cm³/mol. The number of hydrogen-bond acceptors (Lipinski definition) is 4. The van der Waals surface area contributed by atoms with Crippen LogP contribution in [0.4, 0.5) is 0 Å². The molecule has 5 nitrogen and oxygen atoms in total. The highest BCUT2D eigenvalue weighted by atomic mass is 35.5. The van der Waals surface area contributed by atoms with Crippen molar-refractivity contribution in [3.8, 4) is 5.75 Å². The van der Waals surface area contributed by atoms with E-state index < -0.39 is 0 Å². The lowest BCUT2D eigenvalue weighted by Crippen LogP contribution is -2.45. The van der Waals surface area contributed by atoms with Gasteiger partial charge in [0, 0.05) is 44.1 Å². The molecule has 0 saturated carbocycles. The zero-order valence-electron chi connectivity index (χ0n) is 14.2. The molecule has 0 amide bonds. The van der Waals surface area contributed by atoms with E-state index in [1.54, 1.807) is 7.11 Å². The van der Waals surface area contributed by atoms with E-state index in [1.807, 2.05) is 34.9 Å². The molecule has 0 aliphatic carbocycles. The minimum absolute atomic E-state index is 0.262. The zero-order chi connectivity index (χ0) is 17.2. The van der Waals surface area contributed by atoms with Crippen molar-refractivity contribution in [2.24, 2.45) is 0 Å². The third-order valence-corrected chi connectivity index (χ3v) is 4.91. The van der Waals surface area contributed by atoms with Gasteiger partial charge in [-0.3, -0.25) is 4.90 Å². The summed E-state index contributed by atoms with van der Waals surface area (Å²) in [5.74, 6) is 0.933. The number of nitrogens with zero attached hydrogens (tertiary/aromatic N) is 3. The van der Waals surface area contributed by atoms with E-state index in [0.29, 0.717) is 5.02 Å². The number of ether oxygens (including phenoxy) is 1. The van der Waals surface area contributed by atoms with Crippen molar-refractivity contribution in [1.29, 1.82) is 0 Å². The fourth-order valence-electron chi connectivity index (χ4n) is 3.49. The molecule has 1 saturated heterocycles. The maximum atomic E-state index is 6.08. The number of nitrogens with one attached hydrogen (secondary N) is 1. The molecule has 4 rings (SSSR count). The summed E-state index contributed by atoms with van der Waals surface area (Å²) in [6.45, 7) is 3.64. The summed E-state index contributed by atoms with van der Waals surface area (Å²) in [7, 11) is 1.73. The molecule has 3 aromatic rings. The van der Waals surface area contributed by atoms with Gasteiger partial charge in [-0.15, -0.1) is 0 Å². The smallest absolute Gasteiger partial charge is 0.137 e. The average molecular weight is 357 g/mol. The SMILES string of the molecule is COc1ccccc1C1CNCCN1Cc1cn2cc(Cl)ccc2n1. The lowest BCUT2D eigenvalue weighted by molar-refractivity contribution is 0.149. The first-order chi connectivity index (χ1) is 12.2. The Bertz CT molecular complexity index is 879. The van der Waals surface area contributed by atoms with Gasteiger partial charge in [0.15, 0.2) is 0 Å². The van der Waals surface area contributed by atoms with Crippen LogP contribution in [0.25, 0.3) is 5.65 Å². The number of benzene rings is 1. The van der Waals surface area contributed by atoms with Crippen LogP contribution in [0.5, 0.6) is 5.75 Å². The highest BCUT2D eigenvalue weighted by molar-refractivity contribution is 6.30. The second-order valence-electron chi connectivity index (χ2n) is 6.28. The summed E-state index contributed by atoms with van der Waals surface area (Å²) in [4.78, 5) is 7.19. The van der Waals surface area contributed by atoms with E-state index in [-0.39, 0.29) is 6.04 Å². The van der Waals surface area contributed by atoms with E-state index in [2.05, 4.69) is 28.5 Å². The predicted octanol–water partition coefficient (Wildman–Crippen LogP) is 3.14. The molecule has 1 aliphatic heterocycles. The average Bonchev–Trinajstić information content (AvgIpc) is 3.03. The minimum atomic E-state index is 0.262. The summed E-state index contributed by atoms with van der Waals surface area (Å²) in [5, 5.41) is 4.21. The van der Waals surface area contributed by atoms with Crippen molar-refractivity contribution in [3.05, 3.63) is 65.1 Å². The Morgan fingerprint density at radius 3 is 3.00 bits per heavy atom. The highest BCUT2D eigenvalue weighted by Gasteiger charge is 2.26. The van der Waals surface area contributed by atoms with Gasteiger partial charge in [-0.05, 0) is 18.2 Å². The molecule has 1 fully saturated rings. The van der Waals surface area contributed by atoms with Crippen molar-refractivity contribution in [2.45, 2.75) is 12.6 Å². The van der Waals surface area contributed by atoms with E-state index in [0.717, 1.165) is 43.3 Å². The van der Waals surface area contributed by atoms with Crippen molar-refractivity contribution < 1.29 is 4.74 Å². The Labute approximate surface area is 152 Å². The van der Waals surface area contributed by atoms with Gasteiger partial charge < -0.3 is 14.5 Å². The molecule has 0 radical (unpaired) electrons. The van der Waals surface area contributed by atoms with Crippen LogP contribution >= 0.6 is 11.6 Å². The third kappa shape index (κ3) is 3.35. The Kier molecular flexibility index (Phi) is 4.61. The van der Waals surface area contributed by atoms with E-state index in [4.69, 9.17) is 21.3 Å². The van der Waals surface area contributed by atoms with Crippen LogP contribution in [0.1, 0.15) is 17.3 Å². The molecule has 25 heavy (non-hydrogen) atoms. The standard InChI is InChI=1S/C19H21ClN4O/c1-25-18-5-3-2-4-16(18)17-10-21-8-9-23(17)12-15-13-24-11-14(20)6-7-19(24)22-15/h2-7,11,13,17,21H,8-10,12H2,1H3. The Hall–Kier alpha value is -2.08. The number of pyridine rings is 1. The minimum Gasteiger partial charge on any atom is -0.496 e. The highest BCUT2D eigenvalue weighted by Crippen LogP contribution is 2.31. The van der Waals surface area contributed by atoms with Gasteiger partial charge in [0.25, 0.3) is 0 Å². The topological polar surface area (TPSA) is 41.8 Å². The maximum absolute atomic E-state index is 6.08. The number of imidazole rings is 1. The molecule has 2 aromatic heterocycles. The number of piperazine rings is 1. The first kappa shape index (κ1) is 16.4. The molecular weight excluding hydrogens is 336 g/mol. The van der Waals surface area contributed by atoms with Crippen LogP contribution in [0.15, 0.2) is 48.8 Å². The van der Waals surface area contributed by atoms with Gasteiger partial charge >= 0.3 is 0 Å². The molecule has 6 heteroatoms. The van der Waals surface area contributed by atoms with Gasteiger partial charge in [-0.2, -0.15) is 0 Å². The van der Waals surface area contributed by atoms with Crippen molar-refractivity contribution in [2.75, 3.05) is 26.7 Å². The summed E-state index contributed by atoms with van der Waals surface area (Å²) in [5.41, 5.74) is 3.18. The lowest BCUT2D eigenvalue weighted by atomic mass is 10.0. The number of aromatic nitrogens is 2. The second kappa shape index (κ2) is 7.04. The Morgan fingerprint density at radius 1 is 1.24 bits per heavy atom. The molecule has 1 atom stereocenters. The zero-order valence-corrected chi connectivity index (χ0v) is 14.9. The fourth-order valence-corrected chi connectivity index (χ4v) is 3.65. The molecule has 130 valence electrons. The van der Waals surface area contributed by atoms with Crippen molar-refractivity contribution in [1.82, 2.24) is 19.6 Å². The Morgan fingerprint density at radius 2 is 2.12 bits per heavy atom. The van der Waals surface area contributed by atoms with Gasteiger partial charge in [0.1, 0.15) is 11.4 Å². The third-order valence-electron chi connectivity index (χ3n) is 4.68. The molecule has 1 aliphatic rings.